The van der Waals surface area contributed by atoms with Crippen molar-refractivity contribution in [1.82, 2.24) is 0 Å². The van der Waals surface area contributed by atoms with Crippen molar-refractivity contribution in [2.45, 2.75) is 6.92 Å². The number of hydrogen-bond donors (Lipinski definition) is 1. The Morgan fingerprint density at radius 3 is 2.64 bits per heavy atom. The van der Waals surface area contributed by atoms with Crippen molar-refractivity contribution in [2.75, 3.05) is 5.73 Å². The van der Waals surface area contributed by atoms with Crippen LogP contribution in [0.3, 0.4) is 0 Å². The SMILES string of the molecule is C=Cc1c(N)ccc(C)c1Br. The minimum atomic E-state index is 0.762. The third-order valence-electron chi connectivity index (χ3n) is 1.61. The molecule has 0 fully saturated rings. The van der Waals surface area contributed by atoms with E-state index in [0.717, 1.165) is 15.7 Å². The molecule has 1 aromatic rings. The molecular formula is C9H10BrN. The van der Waals surface area contributed by atoms with Crippen LogP contribution >= 0.6 is 15.9 Å². The maximum absolute atomic E-state index is 5.70. The van der Waals surface area contributed by atoms with Crippen molar-refractivity contribution in [3.05, 3.63) is 34.3 Å². The number of nitrogens with two attached hydrogens (primary N) is 1. The van der Waals surface area contributed by atoms with E-state index < -0.39 is 0 Å². The molecule has 0 heterocycles. The molecule has 0 aliphatic rings. The maximum Gasteiger partial charge on any atom is 0.0399 e. The zero-order chi connectivity index (χ0) is 8.43. The predicted molar refractivity (Wildman–Crippen MR) is 53.4 cm³/mol. The average Bonchev–Trinajstić information content (AvgIpc) is 1.99. The highest BCUT2D eigenvalue weighted by atomic mass is 79.9. The van der Waals surface area contributed by atoms with Crippen molar-refractivity contribution in [2.24, 2.45) is 0 Å². The lowest BCUT2D eigenvalue weighted by molar-refractivity contribution is 1.42. The van der Waals surface area contributed by atoms with Gasteiger partial charge in [0.25, 0.3) is 0 Å². The van der Waals surface area contributed by atoms with Gasteiger partial charge in [-0.25, -0.2) is 0 Å². The van der Waals surface area contributed by atoms with Gasteiger partial charge in [0.2, 0.25) is 0 Å². The van der Waals surface area contributed by atoms with E-state index in [-0.39, 0.29) is 0 Å². The summed E-state index contributed by atoms with van der Waals surface area (Å²) in [5.41, 5.74) is 8.61. The first-order chi connectivity index (χ1) is 5.16. The monoisotopic (exact) mass is 211 g/mol. The molecule has 0 aromatic heterocycles. The summed E-state index contributed by atoms with van der Waals surface area (Å²) in [6, 6.07) is 3.86. The molecular weight excluding hydrogens is 202 g/mol. The first-order valence-electron chi connectivity index (χ1n) is 3.34. The zero-order valence-corrected chi connectivity index (χ0v) is 7.98. The Kier molecular flexibility index (Phi) is 2.35. The highest BCUT2D eigenvalue weighted by molar-refractivity contribution is 9.10. The summed E-state index contributed by atoms with van der Waals surface area (Å²) >= 11 is 3.44. The van der Waals surface area contributed by atoms with Crippen molar-refractivity contribution in [3.8, 4) is 0 Å². The Bertz CT molecular complexity index is 292. The number of anilines is 1. The molecule has 58 valence electrons. The second-order valence-electron chi connectivity index (χ2n) is 2.40. The fourth-order valence-corrected chi connectivity index (χ4v) is 1.45. The van der Waals surface area contributed by atoms with Crippen LogP contribution in [0.15, 0.2) is 23.2 Å². The molecule has 2 N–H and O–H groups in total. The molecule has 0 radical (unpaired) electrons. The van der Waals surface area contributed by atoms with E-state index in [1.54, 1.807) is 6.08 Å². The fourth-order valence-electron chi connectivity index (χ4n) is 0.924. The molecule has 2 heteroatoms. The molecule has 0 atom stereocenters. The topological polar surface area (TPSA) is 26.0 Å². The van der Waals surface area contributed by atoms with Gasteiger partial charge in [0, 0.05) is 15.7 Å². The lowest BCUT2D eigenvalue weighted by Gasteiger charge is -2.05. The molecule has 0 saturated heterocycles. The van der Waals surface area contributed by atoms with Gasteiger partial charge in [-0.2, -0.15) is 0 Å². The van der Waals surface area contributed by atoms with Crippen LogP contribution in [0.5, 0.6) is 0 Å². The standard InChI is InChI=1S/C9H10BrN/c1-3-7-8(11)5-4-6(2)9(7)10/h3-5H,1,11H2,2H3. The molecule has 0 unspecified atom stereocenters. The van der Waals surface area contributed by atoms with Gasteiger partial charge in [-0.3, -0.25) is 0 Å². The van der Waals surface area contributed by atoms with E-state index in [0.29, 0.717) is 0 Å². The van der Waals surface area contributed by atoms with E-state index in [2.05, 4.69) is 22.5 Å². The molecule has 0 spiro atoms. The van der Waals surface area contributed by atoms with Crippen LogP contribution < -0.4 is 5.73 Å². The minimum absolute atomic E-state index is 0.762. The second kappa shape index (κ2) is 3.09. The molecule has 0 saturated carbocycles. The number of rotatable bonds is 1. The molecule has 0 amide bonds. The Morgan fingerprint density at radius 1 is 1.55 bits per heavy atom. The number of halogens is 1. The van der Waals surface area contributed by atoms with Gasteiger partial charge >= 0.3 is 0 Å². The van der Waals surface area contributed by atoms with Crippen LogP contribution in [0.25, 0.3) is 6.08 Å². The lowest BCUT2D eigenvalue weighted by atomic mass is 10.1. The minimum Gasteiger partial charge on any atom is -0.398 e. The van der Waals surface area contributed by atoms with E-state index >= 15 is 0 Å². The molecule has 0 aliphatic carbocycles. The lowest BCUT2D eigenvalue weighted by Crippen LogP contribution is -1.91. The van der Waals surface area contributed by atoms with Gasteiger partial charge in [0.1, 0.15) is 0 Å². The van der Waals surface area contributed by atoms with Crippen LogP contribution in [-0.2, 0) is 0 Å². The summed E-state index contributed by atoms with van der Waals surface area (Å²) in [6.45, 7) is 5.71. The van der Waals surface area contributed by atoms with Crippen molar-refractivity contribution in [3.63, 3.8) is 0 Å². The van der Waals surface area contributed by atoms with E-state index in [1.165, 1.54) is 5.56 Å². The van der Waals surface area contributed by atoms with E-state index in [4.69, 9.17) is 5.73 Å². The van der Waals surface area contributed by atoms with Crippen LogP contribution in [0.4, 0.5) is 5.69 Å². The smallest absolute Gasteiger partial charge is 0.0399 e. The van der Waals surface area contributed by atoms with Crippen LogP contribution in [0.1, 0.15) is 11.1 Å². The maximum atomic E-state index is 5.70. The quantitative estimate of drug-likeness (QED) is 0.711. The summed E-state index contributed by atoms with van der Waals surface area (Å²) in [5, 5.41) is 0. The second-order valence-corrected chi connectivity index (χ2v) is 3.20. The van der Waals surface area contributed by atoms with E-state index in [1.807, 2.05) is 19.1 Å². The molecule has 0 bridgehead atoms. The van der Waals surface area contributed by atoms with Crippen LogP contribution in [0.2, 0.25) is 0 Å². The molecule has 1 nitrogen and oxygen atoms in total. The molecule has 1 aromatic carbocycles. The Balaban J connectivity index is 3.40. The Labute approximate surface area is 75.0 Å². The number of benzene rings is 1. The fraction of sp³-hybridized carbons (Fsp3) is 0.111. The van der Waals surface area contributed by atoms with Crippen LogP contribution in [0, 0.1) is 6.92 Å². The van der Waals surface area contributed by atoms with Gasteiger partial charge in [0.05, 0.1) is 0 Å². The largest absolute Gasteiger partial charge is 0.398 e. The van der Waals surface area contributed by atoms with Gasteiger partial charge in [-0.1, -0.05) is 18.7 Å². The summed E-state index contributed by atoms with van der Waals surface area (Å²) in [6.07, 6.45) is 1.76. The third kappa shape index (κ3) is 1.46. The van der Waals surface area contributed by atoms with Gasteiger partial charge in [-0.05, 0) is 34.5 Å². The van der Waals surface area contributed by atoms with Crippen molar-refractivity contribution >= 4 is 27.7 Å². The predicted octanol–water partition coefficient (Wildman–Crippen LogP) is 2.98. The molecule has 1 rings (SSSR count). The first-order valence-corrected chi connectivity index (χ1v) is 4.13. The molecule has 0 aliphatic heterocycles. The Hall–Kier alpha value is -0.760. The highest BCUT2D eigenvalue weighted by Crippen LogP contribution is 2.26. The highest BCUT2D eigenvalue weighted by Gasteiger charge is 2.01. The number of hydrogen-bond acceptors (Lipinski definition) is 1. The Morgan fingerprint density at radius 2 is 2.18 bits per heavy atom. The molecule has 11 heavy (non-hydrogen) atoms. The van der Waals surface area contributed by atoms with Crippen LogP contribution in [-0.4, -0.2) is 0 Å². The normalized spacial score (nSPS) is 9.64. The van der Waals surface area contributed by atoms with Crippen molar-refractivity contribution in [1.29, 1.82) is 0 Å². The summed E-state index contributed by atoms with van der Waals surface area (Å²) in [5.74, 6) is 0. The summed E-state index contributed by atoms with van der Waals surface area (Å²) < 4.78 is 1.03. The number of nitrogen functional groups attached to an aromatic ring is 1. The first kappa shape index (κ1) is 8.34. The zero-order valence-electron chi connectivity index (χ0n) is 6.39. The number of aryl methyl sites for hydroxylation is 1. The van der Waals surface area contributed by atoms with Gasteiger partial charge in [-0.15, -0.1) is 0 Å². The third-order valence-corrected chi connectivity index (χ3v) is 2.66. The summed E-state index contributed by atoms with van der Waals surface area (Å²) in [7, 11) is 0. The van der Waals surface area contributed by atoms with E-state index in [9.17, 15) is 0 Å². The van der Waals surface area contributed by atoms with Gasteiger partial charge < -0.3 is 5.73 Å². The average molecular weight is 212 g/mol. The van der Waals surface area contributed by atoms with Gasteiger partial charge in [0.15, 0.2) is 0 Å². The van der Waals surface area contributed by atoms with Crippen molar-refractivity contribution < 1.29 is 0 Å². The summed E-state index contributed by atoms with van der Waals surface area (Å²) in [4.78, 5) is 0.